The number of methoxy groups -OCH3 is 1. The van der Waals surface area contributed by atoms with Crippen LogP contribution in [0, 0.1) is 6.92 Å². The van der Waals surface area contributed by atoms with Crippen molar-refractivity contribution in [1.82, 2.24) is 9.88 Å². The normalized spacial score (nSPS) is 25.3. The number of carbonyl (C=O) groups is 1. The number of hydrogen-bond acceptors (Lipinski definition) is 6. The highest BCUT2D eigenvalue weighted by Crippen LogP contribution is 2.37. The van der Waals surface area contributed by atoms with Gasteiger partial charge in [0.05, 0.1) is 29.0 Å². The van der Waals surface area contributed by atoms with Gasteiger partial charge in [-0.3, -0.25) is 9.69 Å². The van der Waals surface area contributed by atoms with E-state index in [0.29, 0.717) is 6.54 Å². The van der Waals surface area contributed by atoms with E-state index in [0.717, 1.165) is 60.9 Å². The van der Waals surface area contributed by atoms with Gasteiger partial charge in [0.25, 0.3) is 0 Å². The number of nitrogens with one attached hydrogen (secondary N) is 1. The molecule has 2 atom stereocenters. The third-order valence-electron chi connectivity index (χ3n) is 5.71. The summed E-state index contributed by atoms with van der Waals surface area (Å²) in [5.41, 5.74) is 2.60. The molecule has 2 fully saturated rings. The fourth-order valence-corrected chi connectivity index (χ4v) is 4.88. The number of rotatable bonds is 5. The van der Waals surface area contributed by atoms with Gasteiger partial charge in [-0.05, 0) is 38.3 Å². The van der Waals surface area contributed by atoms with Crippen molar-refractivity contribution in [2.24, 2.45) is 0 Å². The molecule has 4 rings (SSSR count). The number of aromatic nitrogens is 1. The number of likely N-dealkylation sites (tertiary alicyclic amines) is 1. The predicted octanol–water partition coefficient (Wildman–Crippen LogP) is 3.33. The zero-order chi connectivity index (χ0) is 19.6. The summed E-state index contributed by atoms with van der Waals surface area (Å²) in [5, 5.41) is 6.09. The first-order chi connectivity index (χ1) is 13.6. The number of nitrogens with zero attached hydrogens (tertiary/aromatic N) is 2. The molecule has 0 saturated carbocycles. The number of amides is 1. The molecule has 2 aromatic rings. The molecule has 3 heterocycles. The van der Waals surface area contributed by atoms with E-state index in [1.165, 1.54) is 0 Å². The number of thiazole rings is 1. The molecule has 1 aromatic heterocycles. The van der Waals surface area contributed by atoms with Crippen LogP contribution in [-0.2, 0) is 14.3 Å². The Kier molecular flexibility index (Phi) is 5.78. The lowest BCUT2D eigenvalue weighted by molar-refractivity contribution is -0.145. The van der Waals surface area contributed by atoms with Gasteiger partial charge in [-0.15, -0.1) is 11.3 Å². The van der Waals surface area contributed by atoms with Crippen molar-refractivity contribution in [3.05, 3.63) is 34.7 Å². The zero-order valence-electron chi connectivity index (χ0n) is 16.4. The minimum atomic E-state index is -0.151. The maximum absolute atomic E-state index is 12.6. The number of anilines is 1. The van der Waals surface area contributed by atoms with Gasteiger partial charge in [0.1, 0.15) is 0 Å². The van der Waals surface area contributed by atoms with Gasteiger partial charge in [-0.2, -0.15) is 0 Å². The van der Waals surface area contributed by atoms with Gasteiger partial charge >= 0.3 is 0 Å². The highest BCUT2D eigenvalue weighted by molar-refractivity contribution is 7.09. The molecule has 150 valence electrons. The second kappa shape index (κ2) is 8.29. The molecule has 2 saturated heterocycles. The van der Waals surface area contributed by atoms with E-state index in [2.05, 4.69) is 15.2 Å². The molecule has 1 spiro atoms. The summed E-state index contributed by atoms with van der Waals surface area (Å²) in [4.78, 5) is 19.3. The lowest BCUT2D eigenvalue weighted by Gasteiger charge is -2.44. The largest absolute Gasteiger partial charge is 0.377 e. The Labute approximate surface area is 169 Å². The number of carbonyl (C=O) groups excluding carboxylic acids is 1. The molecule has 0 bridgehead atoms. The van der Waals surface area contributed by atoms with Gasteiger partial charge in [0.15, 0.2) is 0 Å². The lowest BCUT2D eigenvalue weighted by Crippen LogP contribution is -2.57. The van der Waals surface area contributed by atoms with Gasteiger partial charge in [-0.1, -0.05) is 12.1 Å². The van der Waals surface area contributed by atoms with Crippen LogP contribution in [0.5, 0.6) is 0 Å². The molecule has 7 heteroatoms. The Hall–Kier alpha value is -1.80. The Morgan fingerprint density at radius 2 is 2.36 bits per heavy atom. The quantitative estimate of drug-likeness (QED) is 0.833. The van der Waals surface area contributed by atoms with Crippen LogP contribution in [-0.4, -0.2) is 60.8 Å². The van der Waals surface area contributed by atoms with Crippen LogP contribution >= 0.6 is 11.3 Å². The van der Waals surface area contributed by atoms with Crippen molar-refractivity contribution in [3.63, 3.8) is 0 Å². The van der Waals surface area contributed by atoms with E-state index >= 15 is 0 Å². The smallest absolute Gasteiger partial charge is 0.238 e. The van der Waals surface area contributed by atoms with Crippen molar-refractivity contribution in [2.75, 3.05) is 38.7 Å². The van der Waals surface area contributed by atoms with E-state index in [9.17, 15) is 4.79 Å². The molecular weight excluding hydrogens is 374 g/mol. The Morgan fingerprint density at radius 1 is 1.46 bits per heavy atom. The molecule has 2 aliphatic heterocycles. The van der Waals surface area contributed by atoms with Crippen LogP contribution in [0.2, 0.25) is 0 Å². The standard InChI is InChI=1S/C21H27N3O3S/c1-15-22-18(14-28-15)16-5-3-6-17(11-16)23-20(25)13-24-9-8-21(7-4-10-27-21)19(12-24)26-2/h3,5-6,11,14,19H,4,7-10,12-13H2,1-2H3,(H,23,25). The van der Waals surface area contributed by atoms with Crippen LogP contribution in [0.15, 0.2) is 29.6 Å². The topological polar surface area (TPSA) is 63.7 Å². The number of ether oxygens (including phenoxy) is 2. The third-order valence-corrected chi connectivity index (χ3v) is 6.48. The highest BCUT2D eigenvalue weighted by Gasteiger charge is 2.46. The summed E-state index contributed by atoms with van der Waals surface area (Å²) in [6.45, 7) is 4.74. The molecule has 0 radical (unpaired) electrons. The van der Waals surface area contributed by atoms with Crippen molar-refractivity contribution in [1.29, 1.82) is 0 Å². The van der Waals surface area contributed by atoms with E-state index < -0.39 is 0 Å². The van der Waals surface area contributed by atoms with Crippen LogP contribution in [0.3, 0.4) is 0 Å². The summed E-state index contributed by atoms with van der Waals surface area (Å²) in [5.74, 6) is -0.00949. The van der Waals surface area contributed by atoms with E-state index in [1.54, 1.807) is 18.4 Å². The number of aryl methyl sites for hydroxylation is 1. The number of benzene rings is 1. The Bertz CT molecular complexity index is 832. The maximum Gasteiger partial charge on any atom is 0.238 e. The summed E-state index contributed by atoms with van der Waals surface area (Å²) in [7, 11) is 1.74. The average molecular weight is 402 g/mol. The van der Waals surface area contributed by atoms with Crippen molar-refractivity contribution in [2.45, 2.75) is 37.9 Å². The molecule has 2 aliphatic rings. The summed E-state index contributed by atoms with van der Waals surface area (Å²) in [6.07, 6.45) is 3.08. The predicted molar refractivity (Wildman–Crippen MR) is 111 cm³/mol. The van der Waals surface area contributed by atoms with Gasteiger partial charge in [0.2, 0.25) is 5.91 Å². The second-order valence-corrected chi connectivity index (χ2v) is 8.67. The van der Waals surface area contributed by atoms with Crippen LogP contribution < -0.4 is 5.32 Å². The molecule has 0 aliphatic carbocycles. The van der Waals surface area contributed by atoms with E-state index in [4.69, 9.17) is 9.47 Å². The minimum Gasteiger partial charge on any atom is -0.377 e. The van der Waals surface area contributed by atoms with Crippen LogP contribution in [0.4, 0.5) is 5.69 Å². The first-order valence-electron chi connectivity index (χ1n) is 9.79. The van der Waals surface area contributed by atoms with Crippen LogP contribution in [0.1, 0.15) is 24.3 Å². The first kappa shape index (κ1) is 19.5. The van der Waals surface area contributed by atoms with E-state index in [1.807, 2.05) is 36.6 Å². The lowest BCUT2D eigenvalue weighted by atomic mass is 9.86. The summed E-state index contributed by atoms with van der Waals surface area (Å²) >= 11 is 1.63. The third kappa shape index (κ3) is 4.12. The molecule has 6 nitrogen and oxygen atoms in total. The second-order valence-electron chi connectivity index (χ2n) is 7.61. The fourth-order valence-electron chi connectivity index (χ4n) is 4.26. The SMILES string of the molecule is COC1CN(CC(=O)Nc2cccc(-c3csc(C)n3)c2)CCC12CCCO2. The fraction of sp³-hybridized carbons (Fsp3) is 0.524. The first-order valence-corrected chi connectivity index (χ1v) is 10.7. The average Bonchev–Trinajstić information content (AvgIpc) is 3.33. The number of piperidine rings is 1. The zero-order valence-corrected chi connectivity index (χ0v) is 17.3. The van der Waals surface area contributed by atoms with Crippen molar-refractivity contribution in [3.8, 4) is 11.3 Å². The van der Waals surface area contributed by atoms with Crippen molar-refractivity contribution >= 4 is 22.9 Å². The molecule has 2 unspecified atom stereocenters. The maximum atomic E-state index is 12.6. The number of hydrogen-bond donors (Lipinski definition) is 1. The molecular formula is C21H27N3O3S. The highest BCUT2D eigenvalue weighted by atomic mass is 32.1. The van der Waals surface area contributed by atoms with Gasteiger partial charge in [0, 0.05) is 43.4 Å². The van der Waals surface area contributed by atoms with Gasteiger partial charge < -0.3 is 14.8 Å². The van der Waals surface area contributed by atoms with Crippen LogP contribution in [0.25, 0.3) is 11.3 Å². The monoisotopic (exact) mass is 401 g/mol. The van der Waals surface area contributed by atoms with Crippen molar-refractivity contribution < 1.29 is 14.3 Å². The molecule has 28 heavy (non-hydrogen) atoms. The Balaban J connectivity index is 1.36. The molecule has 1 N–H and O–H groups in total. The summed E-state index contributed by atoms with van der Waals surface area (Å²) in [6, 6.07) is 7.85. The van der Waals surface area contributed by atoms with Gasteiger partial charge in [-0.25, -0.2) is 4.98 Å². The Morgan fingerprint density at radius 3 is 3.07 bits per heavy atom. The summed E-state index contributed by atoms with van der Waals surface area (Å²) < 4.78 is 11.8. The molecule has 1 amide bonds. The minimum absolute atomic E-state index is 0.00949. The van der Waals surface area contributed by atoms with E-state index in [-0.39, 0.29) is 17.6 Å². The molecule has 1 aromatic carbocycles.